The van der Waals surface area contributed by atoms with Crippen LogP contribution in [0.1, 0.15) is 32.3 Å². The van der Waals surface area contributed by atoms with Gasteiger partial charge in [-0.15, -0.1) is 0 Å². The normalized spacial score (nSPS) is 13.7. The summed E-state index contributed by atoms with van der Waals surface area (Å²) >= 11 is 0. The molecule has 1 aromatic carbocycles. The summed E-state index contributed by atoms with van der Waals surface area (Å²) in [4.78, 5) is 25.4. The number of esters is 1. The number of likely N-dealkylation sites (N-methyl/N-ethyl adjacent to an activating group) is 1. The van der Waals surface area contributed by atoms with E-state index in [0.717, 1.165) is 17.9 Å². The van der Waals surface area contributed by atoms with Gasteiger partial charge in [0.2, 0.25) is 0 Å². The lowest BCUT2D eigenvalue weighted by atomic mass is 10.1. The topological polar surface area (TPSA) is 55.8 Å². The standard InChI is InChI=1S/C18H25NO4/c1-13(2)23-16-6-4-5-15(9-16)10-18(21)22-12-17(20)19(3)11-14-7-8-14/h4-6,9,13-14H,7-8,10-12H2,1-3H3. The maximum Gasteiger partial charge on any atom is 0.310 e. The minimum Gasteiger partial charge on any atom is -0.491 e. The molecule has 126 valence electrons. The molecule has 5 heteroatoms. The van der Waals surface area contributed by atoms with E-state index in [1.165, 1.54) is 12.8 Å². The molecule has 0 bridgehead atoms. The Balaban J connectivity index is 1.76. The zero-order valence-electron chi connectivity index (χ0n) is 14.1. The molecular formula is C18H25NO4. The van der Waals surface area contributed by atoms with Crippen molar-refractivity contribution in [2.45, 2.75) is 39.2 Å². The summed E-state index contributed by atoms with van der Waals surface area (Å²) in [6, 6.07) is 7.36. The van der Waals surface area contributed by atoms with Gasteiger partial charge in [-0.2, -0.15) is 0 Å². The number of hydrogen-bond donors (Lipinski definition) is 0. The third-order valence-corrected chi connectivity index (χ3v) is 3.63. The molecule has 0 aliphatic heterocycles. The highest BCUT2D eigenvalue weighted by Crippen LogP contribution is 2.29. The van der Waals surface area contributed by atoms with E-state index in [-0.39, 0.29) is 25.0 Å². The van der Waals surface area contributed by atoms with E-state index in [4.69, 9.17) is 9.47 Å². The molecule has 0 atom stereocenters. The Morgan fingerprint density at radius 2 is 2.04 bits per heavy atom. The molecule has 5 nitrogen and oxygen atoms in total. The fourth-order valence-corrected chi connectivity index (χ4v) is 2.26. The monoisotopic (exact) mass is 319 g/mol. The Kier molecular flexibility index (Phi) is 6.02. The minimum atomic E-state index is -0.403. The molecule has 1 aliphatic carbocycles. The number of amides is 1. The van der Waals surface area contributed by atoms with Crippen molar-refractivity contribution in [1.29, 1.82) is 0 Å². The van der Waals surface area contributed by atoms with Crippen LogP contribution in [0.3, 0.4) is 0 Å². The SMILES string of the molecule is CC(C)Oc1cccc(CC(=O)OCC(=O)N(C)CC2CC2)c1. The first-order chi connectivity index (χ1) is 10.9. The summed E-state index contributed by atoms with van der Waals surface area (Å²) in [5.74, 6) is 0.802. The van der Waals surface area contributed by atoms with E-state index < -0.39 is 5.97 Å². The summed E-state index contributed by atoms with van der Waals surface area (Å²) in [7, 11) is 1.75. The third kappa shape index (κ3) is 6.30. The van der Waals surface area contributed by atoms with E-state index in [1.54, 1.807) is 11.9 Å². The summed E-state index contributed by atoms with van der Waals surface area (Å²) in [6.45, 7) is 4.46. The van der Waals surface area contributed by atoms with Gasteiger partial charge >= 0.3 is 5.97 Å². The van der Waals surface area contributed by atoms with E-state index in [2.05, 4.69) is 0 Å². The van der Waals surface area contributed by atoms with E-state index in [9.17, 15) is 9.59 Å². The lowest BCUT2D eigenvalue weighted by Crippen LogP contribution is -2.33. The smallest absolute Gasteiger partial charge is 0.310 e. The van der Waals surface area contributed by atoms with Crippen LogP contribution in [0.4, 0.5) is 0 Å². The minimum absolute atomic E-state index is 0.0804. The summed E-state index contributed by atoms with van der Waals surface area (Å²) in [5, 5.41) is 0. The van der Waals surface area contributed by atoms with Gasteiger partial charge < -0.3 is 14.4 Å². The van der Waals surface area contributed by atoms with Crippen LogP contribution in [0.2, 0.25) is 0 Å². The first-order valence-corrected chi connectivity index (χ1v) is 8.09. The van der Waals surface area contributed by atoms with Gasteiger partial charge in [0.05, 0.1) is 12.5 Å². The number of carbonyl (C=O) groups is 2. The second-order valence-corrected chi connectivity index (χ2v) is 6.37. The van der Waals surface area contributed by atoms with Crippen molar-refractivity contribution in [3.63, 3.8) is 0 Å². The van der Waals surface area contributed by atoms with E-state index in [1.807, 2.05) is 38.1 Å². The molecule has 0 radical (unpaired) electrons. The Labute approximate surface area is 137 Å². The molecule has 0 N–H and O–H groups in total. The van der Waals surface area contributed by atoms with Crippen molar-refractivity contribution < 1.29 is 19.1 Å². The van der Waals surface area contributed by atoms with Crippen LogP contribution >= 0.6 is 0 Å². The Morgan fingerprint density at radius 1 is 1.30 bits per heavy atom. The number of benzene rings is 1. The second kappa shape index (κ2) is 7.99. The summed E-state index contributed by atoms with van der Waals surface area (Å²) in [5.41, 5.74) is 0.812. The first-order valence-electron chi connectivity index (χ1n) is 8.09. The number of nitrogens with zero attached hydrogens (tertiary/aromatic N) is 1. The third-order valence-electron chi connectivity index (χ3n) is 3.63. The molecule has 23 heavy (non-hydrogen) atoms. The van der Waals surface area contributed by atoms with Crippen molar-refractivity contribution in [3.8, 4) is 5.75 Å². The highest BCUT2D eigenvalue weighted by molar-refractivity contribution is 5.81. The lowest BCUT2D eigenvalue weighted by Gasteiger charge is -2.16. The zero-order chi connectivity index (χ0) is 16.8. The predicted octanol–water partition coefficient (Wildman–Crippen LogP) is 2.43. The Hall–Kier alpha value is -2.04. The van der Waals surface area contributed by atoms with Gasteiger partial charge in [0.25, 0.3) is 5.91 Å². The van der Waals surface area contributed by atoms with Gasteiger partial charge in [-0.1, -0.05) is 12.1 Å². The number of hydrogen-bond acceptors (Lipinski definition) is 4. The van der Waals surface area contributed by atoms with Crippen LogP contribution < -0.4 is 4.74 Å². The summed E-state index contributed by atoms with van der Waals surface area (Å²) in [6.07, 6.45) is 2.59. The number of ether oxygens (including phenoxy) is 2. The molecule has 0 unspecified atom stereocenters. The molecule has 0 saturated heterocycles. The van der Waals surface area contributed by atoms with Crippen LogP contribution in [0.25, 0.3) is 0 Å². The van der Waals surface area contributed by atoms with E-state index >= 15 is 0 Å². The fourth-order valence-electron chi connectivity index (χ4n) is 2.26. The van der Waals surface area contributed by atoms with Crippen LogP contribution in [0.5, 0.6) is 5.75 Å². The Bertz CT molecular complexity index is 552. The van der Waals surface area contributed by atoms with Crippen LogP contribution in [0, 0.1) is 5.92 Å². The molecule has 0 spiro atoms. The maximum absolute atomic E-state index is 11.9. The van der Waals surface area contributed by atoms with Gasteiger partial charge in [0.15, 0.2) is 6.61 Å². The van der Waals surface area contributed by atoms with Crippen molar-refractivity contribution in [2.24, 2.45) is 5.92 Å². The van der Waals surface area contributed by atoms with Crippen LogP contribution in [0.15, 0.2) is 24.3 Å². The van der Waals surface area contributed by atoms with Crippen LogP contribution in [-0.4, -0.2) is 43.1 Å². The predicted molar refractivity (Wildman–Crippen MR) is 87.2 cm³/mol. The van der Waals surface area contributed by atoms with Gasteiger partial charge in [-0.25, -0.2) is 0 Å². The molecule has 1 saturated carbocycles. The molecule has 1 aliphatic rings. The van der Waals surface area contributed by atoms with E-state index in [0.29, 0.717) is 5.92 Å². The lowest BCUT2D eigenvalue weighted by molar-refractivity contribution is -0.151. The largest absolute Gasteiger partial charge is 0.491 e. The first kappa shape index (κ1) is 17.3. The molecular weight excluding hydrogens is 294 g/mol. The second-order valence-electron chi connectivity index (χ2n) is 6.37. The number of rotatable bonds is 8. The Morgan fingerprint density at radius 3 is 2.70 bits per heavy atom. The molecule has 0 heterocycles. The number of carbonyl (C=O) groups excluding carboxylic acids is 2. The average molecular weight is 319 g/mol. The maximum atomic E-state index is 11.9. The van der Waals surface area contributed by atoms with Gasteiger partial charge in [0.1, 0.15) is 5.75 Å². The van der Waals surface area contributed by atoms with Crippen molar-refractivity contribution in [1.82, 2.24) is 4.90 Å². The van der Waals surface area contributed by atoms with Gasteiger partial charge in [-0.3, -0.25) is 9.59 Å². The molecule has 0 aromatic heterocycles. The molecule has 1 amide bonds. The van der Waals surface area contributed by atoms with Crippen molar-refractivity contribution in [2.75, 3.05) is 20.2 Å². The molecule has 1 aromatic rings. The molecule has 1 fully saturated rings. The van der Waals surface area contributed by atoms with Crippen molar-refractivity contribution in [3.05, 3.63) is 29.8 Å². The fraction of sp³-hybridized carbons (Fsp3) is 0.556. The highest BCUT2D eigenvalue weighted by Gasteiger charge is 2.25. The van der Waals surface area contributed by atoms with Gasteiger partial charge in [0, 0.05) is 13.6 Å². The molecule has 2 rings (SSSR count). The van der Waals surface area contributed by atoms with Gasteiger partial charge in [-0.05, 0) is 50.3 Å². The van der Waals surface area contributed by atoms with Crippen LogP contribution in [-0.2, 0) is 20.7 Å². The highest BCUT2D eigenvalue weighted by atomic mass is 16.5. The zero-order valence-corrected chi connectivity index (χ0v) is 14.1. The quantitative estimate of drug-likeness (QED) is 0.691. The van der Waals surface area contributed by atoms with Crippen molar-refractivity contribution >= 4 is 11.9 Å². The summed E-state index contributed by atoms with van der Waals surface area (Å²) < 4.78 is 10.7. The average Bonchev–Trinajstić information content (AvgIpc) is 3.28.